The summed E-state index contributed by atoms with van der Waals surface area (Å²) >= 11 is 3.46. The zero-order valence-electron chi connectivity index (χ0n) is 22.5. The molecule has 11 heteroatoms. The van der Waals surface area contributed by atoms with Crippen molar-refractivity contribution in [2.24, 2.45) is 0 Å². The van der Waals surface area contributed by atoms with Gasteiger partial charge < -0.3 is 20.1 Å². The highest BCUT2D eigenvalue weighted by molar-refractivity contribution is 9.10. The van der Waals surface area contributed by atoms with E-state index in [2.05, 4.69) is 31.1 Å². The molecule has 0 saturated carbocycles. The zero-order chi connectivity index (χ0) is 28.3. The van der Waals surface area contributed by atoms with E-state index in [0.717, 1.165) is 34.4 Å². The molecule has 40 heavy (non-hydrogen) atoms. The Bertz CT molecular complexity index is 1700. The molecule has 3 aromatic rings. The largest absolute Gasteiger partial charge is 0.358 e. The smallest absolute Gasteiger partial charge is 0.264 e. The Morgan fingerprint density at radius 2 is 1.77 bits per heavy atom. The first-order valence-electron chi connectivity index (χ1n) is 13.2. The van der Waals surface area contributed by atoms with E-state index < -0.39 is 10.0 Å². The SMILES string of the molecule is Cc1[nH]c(C=C2C(=O)Nc3ccc(S(=O)(=O)N4CCc5cc(Br)ccc54)cc32)c(C)c1C(=O)N1CCN(C)CC1. The Morgan fingerprint density at radius 3 is 2.52 bits per heavy atom. The lowest BCUT2D eigenvalue weighted by Crippen LogP contribution is -2.47. The van der Waals surface area contributed by atoms with Crippen LogP contribution in [0.25, 0.3) is 11.6 Å². The van der Waals surface area contributed by atoms with Crippen LogP contribution in [0.15, 0.2) is 45.8 Å². The zero-order valence-corrected chi connectivity index (χ0v) is 24.9. The average molecular weight is 625 g/mol. The summed E-state index contributed by atoms with van der Waals surface area (Å²) in [5, 5.41) is 2.84. The quantitative estimate of drug-likeness (QED) is 0.427. The van der Waals surface area contributed by atoms with Gasteiger partial charge in [0.2, 0.25) is 0 Å². The maximum absolute atomic E-state index is 13.7. The number of fused-ring (bicyclic) bond motifs is 2. The summed E-state index contributed by atoms with van der Waals surface area (Å²) in [7, 11) is -1.80. The van der Waals surface area contributed by atoms with E-state index in [1.54, 1.807) is 18.2 Å². The maximum Gasteiger partial charge on any atom is 0.264 e. The normalized spacial score (nSPS) is 18.3. The highest BCUT2D eigenvalue weighted by atomic mass is 79.9. The van der Waals surface area contributed by atoms with E-state index in [0.29, 0.717) is 59.8 Å². The van der Waals surface area contributed by atoms with Crippen molar-refractivity contribution in [3.05, 3.63) is 74.5 Å². The standard InChI is InChI=1S/C29H30BrN5O4S/c1-17-25(31-18(2)27(17)29(37)34-12-10-33(3)11-13-34)16-23-22-15-21(5-6-24(22)32-28(23)36)40(38,39)35-9-8-19-14-20(30)4-7-26(19)35/h4-7,14-16,31H,8-13H2,1-3H3,(H,32,36). The first-order chi connectivity index (χ1) is 19.0. The van der Waals surface area contributed by atoms with Gasteiger partial charge in [-0.15, -0.1) is 0 Å². The van der Waals surface area contributed by atoms with Gasteiger partial charge in [0.25, 0.3) is 21.8 Å². The third-order valence-electron chi connectivity index (χ3n) is 8.03. The molecular formula is C29H30BrN5O4S. The van der Waals surface area contributed by atoms with Gasteiger partial charge in [-0.2, -0.15) is 0 Å². The molecule has 0 unspecified atom stereocenters. The van der Waals surface area contributed by atoms with E-state index in [1.807, 2.05) is 44.0 Å². The molecule has 0 spiro atoms. The van der Waals surface area contributed by atoms with Crippen molar-refractivity contribution < 1.29 is 18.0 Å². The summed E-state index contributed by atoms with van der Waals surface area (Å²) in [4.78, 5) is 33.9. The second-order valence-electron chi connectivity index (χ2n) is 10.6. The Morgan fingerprint density at radius 1 is 1.02 bits per heavy atom. The summed E-state index contributed by atoms with van der Waals surface area (Å²) in [6.07, 6.45) is 2.34. The van der Waals surface area contributed by atoms with Crippen molar-refractivity contribution >= 4 is 60.8 Å². The number of aromatic nitrogens is 1. The number of nitrogens with zero attached hydrogens (tertiary/aromatic N) is 3. The molecule has 0 aliphatic carbocycles. The van der Waals surface area contributed by atoms with Crippen molar-refractivity contribution in [1.82, 2.24) is 14.8 Å². The third-order valence-corrected chi connectivity index (χ3v) is 10.3. The number of carbonyl (C=O) groups excluding carboxylic acids is 2. The number of hydrogen-bond donors (Lipinski definition) is 2. The number of benzene rings is 2. The lowest BCUT2D eigenvalue weighted by Gasteiger charge is -2.32. The summed E-state index contributed by atoms with van der Waals surface area (Å²) in [6.45, 7) is 7.08. The molecule has 1 saturated heterocycles. The molecule has 2 aromatic carbocycles. The highest BCUT2D eigenvalue weighted by Crippen LogP contribution is 2.39. The van der Waals surface area contributed by atoms with Gasteiger partial charge in [-0.1, -0.05) is 15.9 Å². The molecular weight excluding hydrogens is 594 g/mol. The molecule has 208 valence electrons. The van der Waals surface area contributed by atoms with Crippen LogP contribution in [0.3, 0.4) is 0 Å². The van der Waals surface area contributed by atoms with Crippen LogP contribution in [0.2, 0.25) is 0 Å². The fraction of sp³-hybridized carbons (Fsp3) is 0.310. The van der Waals surface area contributed by atoms with E-state index in [1.165, 1.54) is 10.4 Å². The van der Waals surface area contributed by atoms with Gasteiger partial charge in [-0.25, -0.2) is 8.42 Å². The third kappa shape index (κ3) is 4.46. The molecule has 2 amide bonds. The number of piperazine rings is 1. The molecule has 1 fully saturated rings. The number of anilines is 2. The topological polar surface area (TPSA) is 106 Å². The number of aryl methyl sites for hydroxylation is 1. The highest BCUT2D eigenvalue weighted by Gasteiger charge is 2.34. The minimum Gasteiger partial charge on any atom is -0.358 e. The van der Waals surface area contributed by atoms with Crippen molar-refractivity contribution in [2.45, 2.75) is 25.2 Å². The number of hydrogen-bond acceptors (Lipinski definition) is 5. The van der Waals surface area contributed by atoms with Crippen LogP contribution in [-0.2, 0) is 21.2 Å². The molecule has 3 aliphatic heterocycles. The first kappa shape index (κ1) is 26.8. The summed E-state index contributed by atoms with van der Waals surface area (Å²) in [6, 6.07) is 10.3. The van der Waals surface area contributed by atoms with Crippen LogP contribution >= 0.6 is 15.9 Å². The maximum atomic E-state index is 13.7. The van der Waals surface area contributed by atoms with Gasteiger partial charge in [0.15, 0.2) is 0 Å². The second-order valence-corrected chi connectivity index (χ2v) is 13.4. The fourth-order valence-corrected chi connectivity index (χ4v) is 7.68. The Hall–Kier alpha value is -3.41. The van der Waals surface area contributed by atoms with E-state index >= 15 is 0 Å². The molecule has 0 atom stereocenters. The van der Waals surface area contributed by atoms with Crippen LogP contribution in [-0.4, -0.2) is 74.8 Å². The van der Waals surface area contributed by atoms with Crippen LogP contribution in [0.5, 0.6) is 0 Å². The Kier molecular flexibility index (Phi) is 6.63. The van der Waals surface area contributed by atoms with Gasteiger partial charge >= 0.3 is 0 Å². The number of aromatic amines is 1. The number of carbonyl (C=O) groups is 2. The lowest BCUT2D eigenvalue weighted by atomic mass is 10.0. The average Bonchev–Trinajstić information content (AvgIpc) is 3.57. The number of sulfonamides is 1. The lowest BCUT2D eigenvalue weighted by molar-refractivity contribution is -0.110. The number of H-pyrrole nitrogens is 1. The van der Waals surface area contributed by atoms with Crippen molar-refractivity contribution in [3.8, 4) is 0 Å². The second kappa shape index (κ2) is 9.90. The molecule has 1 aromatic heterocycles. The Balaban J connectivity index is 1.34. The molecule has 2 N–H and O–H groups in total. The molecule has 0 bridgehead atoms. The molecule has 9 nitrogen and oxygen atoms in total. The van der Waals surface area contributed by atoms with Crippen LogP contribution in [0, 0.1) is 13.8 Å². The summed E-state index contributed by atoms with van der Waals surface area (Å²) < 4.78 is 29.8. The van der Waals surface area contributed by atoms with E-state index in [4.69, 9.17) is 0 Å². The van der Waals surface area contributed by atoms with Crippen LogP contribution in [0.1, 0.15) is 38.4 Å². The van der Waals surface area contributed by atoms with Crippen molar-refractivity contribution in [2.75, 3.05) is 49.4 Å². The number of likely N-dealkylation sites (N-methyl/N-ethyl adjacent to an activating group) is 1. The van der Waals surface area contributed by atoms with Gasteiger partial charge in [0, 0.05) is 59.8 Å². The molecule has 0 radical (unpaired) electrons. The minimum absolute atomic E-state index is 0.0217. The van der Waals surface area contributed by atoms with Crippen LogP contribution in [0.4, 0.5) is 11.4 Å². The van der Waals surface area contributed by atoms with Crippen molar-refractivity contribution in [3.63, 3.8) is 0 Å². The summed E-state index contributed by atoms with van der Waals surface area (Å²) in [5.74, 6) is -0.342. The van der Waals surface area contributed by atoms with Gasteiger partial charge in [0.05, 0.1) is 21.7 Å². The molecule has 3 aliphatic rings. The predicted octanol–water partition coefficient (Wildman–Crippen LogP) is 4.03. The van der Waals surface area contributed by atoms with Gasteiger partial charge in [-0.05, 0) is 80.9 Å². The van der Waals surface area contributed by atoms with Crippen LogP contribution < -0.4 is 9.62 Å². The van der Waals surface area contributed by atoms with E-state index in [9.17, 15) is 18.0 Å². The fourth-order valence-electron chi connectivity index (χ4n) is 5.74. The Labute approximate surface area is 242 Å². The number of halogens is 1. The van der Waals surface area contributed by atoms with Gasteiger partial charge in [-0.3, -0.25) is 13.9 Å². The predicted molar refractivity (Wildman–Crippen MR) is 159 cm³/mol. The summed E-state index contributed by atoms with van der Waals surface area (Å²) in [5.41, 5.74) is 5.82. The molecule has 4 heterocycles. The number of nitrogens with one attached hydrogen (secondary N) is 2. The minimum atomic E-state index is -3.85. The number of amides is 2. The number of rotatable bonds is 4. The monoisotopic (exact) mass is 623 g/mol. The van der Waals surface area contributed by atoms with Gasteiger partial charge in [0.1, 0.15) is 0 Å². The first-order valence-corrected chi connectivity index (χ1v) is 15.4. The van der Waals surface area contributed by atoms with E-state index in [-0.39, 0.29) is 16.7 Å². The molecule has 6 rings (SSSR count). The van der Waals surface area contributed by atoms with Crippen molar-refractivity contribution in [1.29, 1.82) is 0 Å².